The summed E-state index contributed by atoms with van der Waals surface area (Å²) >= 11 is 0. The number of pyridine rings is 1. The van der Waals surface area contributed by atoms with Crippen LogP contribution in [0.5, 0.6) is 5.75 Å². The van der Waals surface area contributed by atoms with E-state index in [1.165, 1.54) is 16.9 Å². The molecule has 3 aromatic heterocycles. The third-order valence-corrected chi connectivity index (χ3v) is 6.82. The molecule has 1 aliphatic heterocycles. The second-order valence-electron chi connectivity index (χ2n) is 9.95. The standard InChI is InChI=1S/C27H32FN9O2/c1-18(23-13-21(28)4-5-24(23)37-31-8-9-32-37)39-25-12-19(14-30-27(25)29)20-15-33-36(16-20)22-6-10-35(11-7-22)26(38)17-34(2)3/h4-5,8-9,12-16,18,22H,6-7,10-11,17H2,1-3H3,(H2,29,30)/t18-/m1/s1. The van der Waals surface area contributed by atoms with Crippen molar-refractivity contribution in [3.05, 3.63) is 66.6 Å². The number of nitrogens with zero attached hydrogens (tertiary/aromatic N) is 8. The van der Waals surface area contributed by atoms with Crippen molar-refractivity contribution in [3.8, 4) is 22.6 Å². The molecule has 0 aliphatic carbocycles. The summed E-state index contributed by atoms with van der Waals surface area (Å²) in [5.74, 6) is 0.365. The Labute approximate surface area is 226 Å². The highest BCUT2D eigenvalue weighted by Gasteiger charge is 2.25. The van der Waals surface area contributed by atoms with Crippen LogP contribution in [0.1, 0.15) is 37.5 Å². The average molecular weight is 534 g/mol. The molecule has 0 bridgehead atoms. The number of nitrogen functional groups attached to an aromatic ring is 1. The number of piperidine rings is 1. The average Bonchev–Trinajstić information content (AvgIpc) is 3.63. The van der Waals surface area contributed by atoms with Crippen LogP contribution in [-0.4, -0.2) is 79.2 Å². The highest BCUT2D eigenvalue weighted by molar-refractivity contribution is 5.78. The van der Waals surface area contributed by atoms with Crippen LogP contribution in [0.2, 0.25) is 0 Å². The number of benzene rings is 1. The number of anilines is 1. The Hall–Kier alpha value is -4.32. The van der Waals surface area contributed by atoms with Gasteiger partial charge in [-0.05, 0) is 58.1 Å². The molecular formula is C27H32FN9O2. The smallest absolute Gasteiger partial charge is 0.236 e. The Morgan fingerprint density at radius 3 is 2.59 bits per heavy atom. The molecule has 0 spiro atoms. The molecule has 204 valence electrons. The zero-order chi connectivity index (χ0) is 27.5. The molecular weight excluding hydrogens is 501 g/mol. The van der Waals surface area contributed by atoms with Gasteiger partial charge in [0, 0.05) is 42.2 Å². The fraction of sp³-hybridized carbons (Fsp3) is 0.370. The maximum Gasteiger partial charge on any atom is 0.236 e. The summed E-state index contributed by atoms with van der Waals surface area (Å²) in [6.07, 6.45) is 9.67. The number of ether oxygens (including phenoxy) is 1. The van der Waals surface area contributed by atoms with Crippen LogP contribution in [-0.2, 0) is 4.79 Å². The maximum atomic E-state index is 14.1. The van der Waals surface area contributed by atoms with Crippen molar-refractivity contribution in [2.45, 2.75) is 31.9 Å². The number of aromatic nitrogens is 6. The molecule has 1 saturated heterocycles. The Morgan fingerprint density at radius 2 is 1.87 bits per heavy atom. The fourth-order valence-corrected chi connectivity index (χ4v) is 4.77. The van der Waals surface area contributed by atoms with Crippen molar-refractivity contribution in [1.82, 2.24) is 39.6 Å². The quantitative estimate of drug-likeness (QED) is 0.367. The summed E-state index contributed by atoms with van der Waals surface area (Å²) in [5, 5.41) is 12.9. The normalized spacial score (nSPS) is 15.1. The van der Waals surface area contributed by atoms with E-state index in [0.717, 1.165) is 24.0 Å². The minimum absolute atomic E-state index is 0.153. The van der Waals surface area contributed by atoms with Gasteiger partial charge in [0.05, 0.1) is 36.9 Å². The maximum absolute atomic E-state index is 14.1. The lowest BCUT2D eigenvalue weighted by atomic mass is 10.0. The number of nitrogens with two attached hydrogens (primary N) is 1. The van der Waals surface area contributed by atoms with E-state index in [4.69, 9.17) is 10.5 Å². The molecule has 1 amide bonds. The first-order chi connectivity index (χ1) is 18.8. The number of hydrogen-bond acceptors (Lipinski definition) is 8. The van der Waals surface area contributed by atoms with Gasteiger partial charge in [-0.25, -0.2) is 9.37 Å². The number of hydrogen-bond donors (Lipinski definition) is 1. The molecule has 1 aromatic carbocycles. The monoisotopic (exact) mass is 533 g/mol. The minimum atomic E-state index is -0.566. The molecule has 4 aromatic rings. The molecule has 0 unspecified atom stereocenters. The summed E-state index contributed by atoms with van der Waals surface area (Å²) in [5.41, 5.74) is 8.99. The summed E-state index contributed by atoms with van der Waals surface area (Å²) < 4.78 is 22.3. The van der Waals surface area contributed by atoms with Crippen LogP contribution in [0.15, 0.2) is 55.2 Å². The molecule has 39 heavy (non-hydrogen) atoms. The summed E-state index contributed by atoms with van der Waals surface area (Å²) in [6, 6.07) is 6.39. The predicted octanol–water partition coefficient (Wildman–Crippen LogP) is 3.11. The third-order valence-electron chi connectivity index (χ3n) is 6.82. The lowest BCUT2D eigenvalue weighted by Gasteiger charge is -2.32. The number of carbonyl (C=O) groups is 1. The molecule has 4 heterocycles. The van der Waals surface area contributed by atoms with Crippen molar-refractivity contribution in [2.75, 3.05) is 39.5 Å². The topological polar surface area (TPSA) is 120 Å². The van der Waals surface area contributed by atoms with Crippen LogP contribution in [0, 0.1) is 5.82 Å². The Balaban J connectivity index is 1.30. The van der Waals surface area contributed by atoms with Gasteiger partial charge in [0.1, 0.15) is 11.9 Å². The molecule has 2 N–H and O–H groups in total. The van der Waals surface area contributed by atoms with Gasteiger partial charge in [-0.1, -0.05) is 0 Å². The highest BCUT2D eigenvalue weighted by Crippen LogP contribution is 2.33. The van der Waals surface area contributed by atoms with E-state index in [1.807, 2.05) is 47.8 Å². The van der Waals surface area contributed by atoms with Gasteiger partial charge in [0.15, 0.2) is 11.6 Å². The first-order valence-corrected chi connectivity index (χ1v) is 12.8. The number of carbonyl (C=O) groups excluding carboxylic acids is 1. The lowest BCUT2D eigenvalue weighted by Crippen LogP contribution is -2.43. The number of likely N-dealkylation sites (tertiary alicyclic amines) is 1. The van der Waals surface area contributed by atoms with Gasteiger partial charge in [-0.15, -0.1) is 0 Å². The number of rotatable bonds is 8. The number of halogens is 1. The van der Waals surface area contributed by atoms with Crippen LogP contribution in [0.25, 0.3) is 16.8 Å². The molecule has 1 fully saturated rings. The predicted molar refractivity (Wildman–Crippen MR) is 144 cm³/mol. The Kier molecular flexibility index (Phi) is 7.55. The Bertz CT molecular complexity index is 1430. The molecule has 12 heteroatoms. The van der Waals surface area contributed by atoms with E-state index in [9.17, 15) is 9.18 Å². The van der Waals surface area contributed by atoms with E-state index in [0.29, 0.717) is 36.6 Å². The number of amides is 1. The van der Waals surface area contributed by atoms with Gasteiger partial charge in [-0.3, -0.25) is 9.48 Å². The zero-order valence-corrected chi connectivity index (χ0v) is 22.2. The second kappa shape index (κ2) is 11.2. The highest BCUT2D eigenvalue weighted by atomic mass is 19.1. The van der Waals surface area contributed by atoms with E-state index < -0.39 is 11.9 Å². The van der Waals surface area contributed by atoms with Gasteiger partial charge in [0.2, 0.25) is 5.91 Å². The van der Waals surface area contributed by atoms with Crippen LogP contribution in [0.4, 0.5) is 10.2 Å². The van der Waals surface area contributed by atoms with Crippen molar-refractivity contribution in [3.63, 3.8) is 0 Å². The first kappa shape index (κ1) is 26.3. The SMILES string of the molecule is C[C@@H](Oc1cc(-c2cnn(C3CCN(C(=O)CN(C)C)CC3)c2)cnc1N)c1cc(F)ccc1-n1nccn1. The van der Waals surface area contributed by atoms with E-state index in [2.05, 4.69) is 20.3 Å². The Morgan fingerprint density at radius 1 is 1.13 bits per heavy atom. The largest absolute Gasteiger partial charge is 0.482 e. The van der Waals surface area contributed by atoms with Crippen molar-refractivity contribution < 1.29 is 13.9 Å². The van der Waals surface area contributed by atoms with Crippen LogP contribution in [0.3, 0.4) is 0 Å². The van der Waals surface area contributed by atoms with Crippen molar-refractivity contribution in [2.24, 2.45) is 0 Å². The molecule has 1 aliphatic rings. The summed E-state index contributed by atoms with van der Waals surface area (Å²) in [7, 11) is 3.80. The third kappa shape index (κ3) is 5.90. The lowest BCUT2D eigenvalue weighted by molar-refractivity contribution is -0.133. The van der Waals surface area contributed by atoms with Crippen LogP contribution >= 0.6 is 0 Å². The molecule has 11 nitrogen and oxygen atoms in total. The minimum Gasteiger partial charge on any atom is -0.482 e. The van der Waals surface area contributed by atoms with Crippen molar-refractivity contribution in [1.29, 1.82) is 0 Å². The van der Waals surface area contributed by atoms with Gasteiger partial charge < -0.3 is 20.3 Å². The summed E-state index contributed by atoms with van der Waals surface area (Å²) in [6.45, 7) is 3.65. The second-order valence-corrected chi connectivity index (χ2v) is 9.95. The van der Waals surface area contributed by atoms with Crippen molar-refractivity contribution >= 4 is 11.7 Å². The van der Waals surface area contributed by atoms with Gasteiger partial charge >= 0.3 is 0 Å². The molecule has 5 rings (SSSR count). The number of likely N-dealkylation sites (N-methyl/N-ethyl adjacent to an activating group) is 1. The molecule has 0 radical (unpaired) electrons. The van der Waals surface area contributed by atoms with E-state index >= 15 is 0 Å². The fourth-order valence-electron chi connectivity index (χ4n) is 4.77. The molecule has 0 saturated carbocycles. The first-order valence-electron chi connectivity index (χ1n) is 12.8. The zero-order valence-electron chi connectivity index (χ0n) is 22.2. The molecule has 1 atom stereocenters. The van der Waals surface area contributed by atoms with Gasteiger partial charge in [-0.2, -0.15) is 20.1 Å². The van der Waals surface area contributed by atoms with Gasteiger partial charge in [0.25, 0.3) is 0 Å². The van der Waals surface area contributed by atoms with Crippen LogP contribution < -0.4 is 10.5 Å². The van der Waals surface area contributed by atoms with E-state index in [-0.39, 0.29) is 17.8 Å². The van der Waals surface area contributed by atoms with E-state index in [1.54, 1.807) is 30.9 Å². The summed E-state index contributed by atoms with van der Waals surface area (Å²) in [4.78, 5) is 21.9.